The molecule has 0 unspecified atom stereocenters. The van der Waals surface area contributed by atoms with Crippen LogP contribution in [0, 0.1) is 5.92 Å². The molecule has 0 atom stereocenters. The molecule has 2 fully saturated rings. The highest BCUT2D eigenvalue weighted by atomic mass is 127. The van der Waals surface area contributed by atoms with Crippen molar-refractivity contribution in [3.8, 4) is 17.2 Å². The number of hydrogen-bond acceptors (Lipinski definition) is 5. The highest BCUT2D eigenvalue weighted by molar-refractivity contribution is 14.0. The predicted octanol–water partition coefficient (Wildman–Crippen LogP) is 2.43. The monoisotopic (exact) mass is 504 g/mol. The Labute approximate surface area is 185 Å². The van der Waals surface area contributed by atoms with Gasteiger partial charge in [-0.1, -0.05) is 0 Å². The molecule has 1 saturated carbocycles. The van der Waals surface area contributed by atoms with Crippen molar-refractivity contribution in [1.82, 2.24) is 15.1 Å². The number of rotatable bonds is 7. The lowest BCUT2D eigenvalue weighted by Gasteiger charge is -2.36. The van der Waals surface area contributed by atoms with E-state index in [1.54, 1.807) is 21.3 Å². The van der Waals surface area contributed by atoms with Crippen LogP contribution in [0.5, 0.6) is 17.2 Å². The summed E-state index contributed by atoms with van der Waals surface area (Å²) in [5.74, 6) is 3.93. The average Bonchev–Trinajstić information content (AvgIpc) is 3.53. The number of piperazine rings is 1. The number of nitrogens with zero attached hydrogens (tertiary/aromatic N) is 3. The number of methoxy groups -OCH3 is 3. The van der Waals surface area contributed by atoms with Gasteiger partial charge in [-0.25, -0.2) is 0 Å². The van der Waals surface area contributed by atoms with E-state index in [4.69, 9.17) is 14.2 Å². The van der Waals surface area contributed by atoms with Crippen LogP contribution in [0.25, 0.3) is 0 Å². The Bertz CT molecular complexity index is 634. The van der Waals surface area contributed by atoms with Gasteiger partial charge in [-0.15, -0.1) is 24.0 Å². The van der Waals surface area contributed by atoms with Gasteiger partial charge < -0.3 is 24.4 Å². The zero-order valence-electron chi connectivity index (χ0n) is 17.4. The summed E-state index contributed by atoms with van der Waals surface area (Å²) in [7, 11) is 6.81. The van der Waals surface area contributed by atoms with Gasteiger partial charge in [0, 0.05) is 46.3 Å². The molecular weight excluding hydrogens is 471 g/mol. The third-order valence-corrected chi connectivity index (χ3v) is 5.26. The van der Waals surface area contributed by atoms with Crippen LogP contribution in [-0.2, 0) is 6.54 Å². The smallest absolute Gasteiger partial charge is 0.203 e. The van der Waals surface area contributed by atoms with E-state index >= 15 is 0 Å². The number of hydrogen-bond donors (Lipinski definition) is 1. The maximum absolute atomic E-state index is 5.47. The molecule has 1 heterocycles. The maximum atomic E-state index is 5.47. The molecule has 1 aromatic rings. The summed E-state index contributed by atoms with van der Waals surface area (Å²) in [5.41, 5.74) is 1.16. The molecular formula is C20H33IN4O3. The van der Waals surface area contributed by atoms with Crippen molar-refractivity contribution in [3.05, 3.63) is 17.7 Å². The minimum absolute atomic E-state index is 0. The van der Waals surface area contributed by atoms with Gasteiger partial charge in [0.05, 0.1) is 21.3 Å². The van der Waals surface area contributed by atoms with E-state index in [9.17, 15) is 0 Å². The lowest BCUT2D eigenvalue weighted by molar-refractivity contribution is 0.172. The standard InChI is InChI=1S/C20H32N4O3.HI/c1-21-20(22-13-15-5-6-15)24-9-7-23(8-10-24)14-16-11-17(25-2)19(27-4)18(12-16)26-3;/h11-12,15H,5-10,13-14H2,1-4H3,(H,21,22);1H. The van der Waals surface area contributed by atoms with Gasteiger partial charge in [0.25, 0.3) is 0 Å². The molecule has 0 radical (unpaired) electrons. The van der Waals surface area contributed by atoms with E-state index in [1.807, 2.05) is 19.2 Å². The minimum atomic E-state index is 0. The number of guanidine groups is 1. The molecule has 28 heavy (non-hydrogen) atoms. The van der Waals surface area contributed by atoms with Gasteiger partial charge in [-0.05, 0) is 36.5 Å². The first-order chi connectivity index (χ1) is 13.2. The van der Waals surface area contributed by atoms with Crippen molar-refractivity contribution in [2.24, 2.45) is 10.9 Å². The average molecular weight is 504 g/mol. The van der Waals surface area contributed by atoms with Crippen LogP contribution in [0.2, 0.25) is 0 Å². The van der Waals surface area contributed by atoms with Crippen LogP contribution in [-0.4, -0.2) is 76.9 Å². The summed E-state index contributed by atoms with van der Waals surface area (Å²) in [6, 6.07) is 4.06. The zero-order valence-corrected chi connectivity index (χ0v) is 19.7. The fourth-order valence-electron chi connectivity index (χ4n) is 3.49. The molecule has 0 aromatic heterocycles. The maximum Gasteiger partial charge on any atom is 0.203 e. The van der Waals surface area contributed by atoms with Crippen LogP contribution < -0.4 is 19.5 Å². The molecule has 1 aliphatic carbocycles. The molecule has 1 N–H and O–H groups in total. The summed E-state index contributed by atoms with van der Waals surface area (Å²) < 4.78 is 16.3. The van der Waals surface area contributed by atoms with Gasteiger partial charge in [-0.2, -0.15) is 0 Å². The summed E-state index contributed by atoms with van der Waals surface area (Å²) in [6.45, 7) is 5.88. The Morgan fingerprint density at radius 3 is 2.11 bits per heavy atom. The quantitative estimate of drug-likeness (QED) is 0.350. The van der Waals surface area contributed by atoms with E-state index in [-0.39, 0.29) is 24.0 Å². The first kappa shape index (κ1) is 22.9. The minimum Gasteiger partial charge on any atom is -0.493 e. The summed E-state index contributed by atoms with van der Waals surface area (Å²) in [6.07, 6.45) is 2.71. The van der Waals surface area contributed by atoms with Crippen molar-refractivity contribution in [3.63, 3.8) is 0 Å². The fraction of sp³-hybridized carbons (Fsp3) is 0.650. The van der Waals surface area contributed by atoms with Gasteiger partial charge in [0.1, 0.15) is 0 Å². The molecule has 1 aromatic carbocycles. The Kier molecular flexibility index (Phi) is 8.94. The number of aliphatic imine (C=N–C) groups is 1. The highest BCUT2D eigenvalue weighted by Gasteiger charge is 2.24. The second-order valence-electron chi connectivity index (χ2n) is 7.17. The van der Waals surface area contributed by atoms with Crippen LogP contribution in [0.15, 0.2) is 17.1 Å². The SMILES string of the molecule is CN=C(NCC1CC1)N1CCN(Cc2cc(OC)c(OC)c(OC)c2)CC1.I. The van der Waals surface area contributed by atoms with Crippen LogP contribution in [0.4, 0.5) is 0 Å². The predicted molar refractivity (Wildman–Crippen MR) is 122 cm³/mol. The first-order valence-corrected chi connectivity index (χ1v) is 9.65. The topological polar surface area (TPSA) is 58.6 Å². The second kappa shape index (κ2) is 10.9. The molecule has 0 bridgehead atoms. The van der Waals surface area contributed by atoms with Crippen LogP contribution in [0.3, 0.4) is 0 Å². The van der Waals surface area contributed by atoms with Gasteiger partial charge in [-0.3, -0.25) is 9.89 Å². The van der Waals surface area contributed by atoms with Crippen molar-refractivity contribution in [2.75, 3.05) is 61.1 Å². The first-order valence-electron chi connectivity index (χ1n) is 9.65. The number of benzene rings is 1. The van der Waals surface area contributed by atoms with Crippen LogP contribution in [0.1, 0.15) is 18.4 Å². The lowest BCUT2D eigenvalue weighted by atomic mass is 10.1. The van der Waals surface area contributed by atoms with E-state index in [1.165, 1.54) is 12.8 Å². The van der Waals surface area contributed by atoms with Crippen molar-refractivity contribution in [2.45, 2.75) is 19.4 Å². The molecule has 0 spiro atoms. The largest absolute Gasteiger partial charge is 0.493 e. The molecule has 2 aliphatic rings. The van der Waals surface area contributed by atoms with Gasteiger partial charge in [0.15, 0.2) is 17.5 Å². The Morgan fingerprint density at radius 1 is 1.04 bits per heavy atom. The Balaban J connectivity index is 0.00000280. The lowest BCUT2D eigenvalue weighted by Crippen LogP contribution is -2.52. The third kappa shape index (κ3) is 5.79. The van der Waals surface area contributed by atoms with E-state index in [0.29, 0.717) is 17.2 Å². The Hall–Kier alpha value is -1.42. The van der Waals surface area contributed by atoms with E-state index in [2.05, 4.69) is 20.1 Å². The van der Waals surface area contributed by atoms with E-state index in [0.717, 1.165) is 56.7 Å². The zero-order chi connectivity index (χ0) is 19.2. The van der Waals surface area contributed by atoms with Gasteiger partial charge >= 0.3 is 0 Å². The third-order valence-electron chi connectivity index (χ3n) is 5.26. The van der Waals surface area contributed by atoms with Gasteiger partial charge in [0.2, 0.25) is 5.75 Å². The molecule has 3 rings (SSSR count). The summed E-state index contributed by atoms with van der Waals surface area (Å²) in [4.78, 5) is 9.26. The fourth-order valence-corrected chi connectivity index (χ4v) is 3.49. The summed E-state index contributed by atoms with van der Waals surface area (Å²) >= 11 is 0. The highest BCUT2D eigenvalue weighted by Crippen LogP contribution is 2.38. The normalized spacial score (nSPS) is 17.7. The summed E-state index contributed by atoms with van der Waals surface area (Å²) in [5, 5.41) is 3.52. The second-order valence-corrected chi connectivity index (χ2v) is 7.17. The molecule has 7 nitrogen and oxygen atoms in total. The number of ether oxygens (including phenoxy) is 3. The number of halogens is 1. The Morgan fingerprint density at radius 2 is 1.64 bits per heavy atom. The molecule has 1 saturated heterocycles. The van der Waals surface area contributed by atoms with Crippen LogP contribution >= 0.6 is 24.0 Å². The van der Waals surface area contributed by atoms with Crippen molar-refractivity contribution < 1.29 is 14.2 Å². The van der Waals surface area contributed by atoms with E-state index < -0.39 is 0 Å². The molecule has 158 valence electrons. The molecule has 0 amide bonds. The molecule has 8 heteroatoms. The number of nitrogens with one attached hydrogen (secondary N) is 1. The van der Waals surface area contributed by atoms with Crippen molar-refractivity contribution in [1.29, 1.82) is 0 Å². The van der Waals surface area contributed by atoms with Crippen molar-refractivity contribution >= 4 is 29.9 Å². The molecule has 1 aliphatic heterocycles.